The molecule has 3 nitrogen and oxygen atoms in total. The van der Waals surface area contributed by atoms with Crippen LogP contribution in [0.25, 0.3) is 0 Å². The van der Waals surface area contributed by atoms with Crippen LogP contribution < -0.4 is 34.7 Å². The number of hydrogen-bond acceptors (Lipinski definition) is 3. The van der Waals surface area contributed by atoms with Crippen LogP contribution in [0.15, 0.2) is 0 Å². The van der Waals surface area contributed by atoms with Crippen LogP contribution in [0.4, 0.5) is 0 Å². The van der Waals surface area contributed by atoms with Crippen LogP contribution in [-0.4, -0.2) is 19.2 Å². The van der Waals surface area contributed by atoms with Gasteiger partial charge in [0.25, 0.3) is 0 Å². The van der Waals surface area contributed by atoms with Gasteiger partial charge in [-0.1, -0.05) is 0 Å². The normalized spacial score (nSPS) is 14.5. The Bertz CT molecular complexity index is 69.5. The quantitative estimate of drug-likeness (QED) is 0.341. The molecule has 1 rings (SSSR count). The van der Waals surface area contributed by atoms with Gasteiger partial charge in [-0.2, -0.15) is 0 Å². The molecule has 0 N–H and O–H groups in total. The third-order valence-electron chi connectivity index (χ3n) is 0.827. The Morgan fingerprint density at radius 2 is 1.70 bits per heavy atom. The van der Waals surface area contributed by atoms with E-state index in [0.717, 1.165) is 20.1 Å². The minimum absolute atomic E-state index is 0. The number of rotatable bonds is 0. The molecule has 0 aliphatic carbocycles. The Hall–Kier alpha value is 0.430. The first kappa shape index (κ1) is 13.1. The zero-order valence-corrected chi connectivity index (χ0v) is 8.55. The zero-order chi connectivity index (χ0) is 7.11. The van der Waals surface area contributed by atoms with Gasteiger partial charge in [0, 0.05) is 19.2 Å². The molecule has 0 amide bonds. The number of hydrogen-bond donors (Lipinski definition) is 0. The number of carbonyl (C=O) groups is 1. The Kier molecular flexibility index (Phi) is 12.3. The average Bonchev–Trinajstić information content (AvgIpc) is 2.11. The summed E-state index contributed by atoms with van der Waals surface area (Å²) in [6, 6.07) is 0. The molecular weight excluding hydrogens is 143 g/mol. The SMILES string of the molecule is C1CCOC1.CC(=O)[O-].[Na+]. The molecule has 0 atom stereocenters. The van der Waals surface area contributed by atoms with E-state index in [-0.39, 0.29) is 29.6 Å². The van der Waals surface area contributed by atoms with Gasteiger partial charge in [0.1, 0.15) is 0 Å². The number of carbonyl (C=O) groups excluding carboxylic acids is 1. The molecular formula is C6H11NaO3. The molecule has 54 valence electrons. The van der Waals surface area contributed by atoms with Crippen LogP contribution in [0.2, 0.25) is 0 Å². The number of ether oxygens (including phenoxy) is 1. The Balaban J connectivity index is 0. The number of aliphatic carboxylic acids is 1. The molecule has 1 saturated heterocycles. The summed E-state index contributed by atoms with van der Waals surface area (Å²) in [5.41, 5.74) is 0. The maximum Gasteiger partial charge on any atom is 1.00 e. The second-order valence-corrected chi connectivity index (χ2v) is 1.81. The van der Waals surface area contributed by atoms with Crippen molar-refractivity contribution in [2.45, 2.75) is 19.8 Å². The minimum atomic E-state index is -1.08. The van der Waals surface area contributed by atoms with Crippen molar-refractivity contribution in [1.82, 2.24) is 0 Å². The number of carboxylic acids is 1. The molecule has 0 radical (unpaired) electrons. The second-order valence-electron chi connectivity index (χ2n) is 1.81. The fraction of sp³-hybridized carbons (Fsp3) is 0.833. The third kappa shape index (κ3) is 15.8. The van der Waals surface area contributed by atoms with Crippen molar-refractivity contribution >= 4 is 5.97 Å². The monoisotopic (exact) mass is 154 g/mol. The summed E-state index contributed by atoms with van der Waals surface area (Å²) in [6.45, 7) is 2.97. The molecule has 1 heterocycles. The van der Waals surface area contributed by atoms with Gasteiger partial charge in [-0.25, -0.2) is 0 Å². The van der Waals surface area contributed by atoms with E-state index in [9.17, 15) is 0 Å². The van der Waals surface area contributed by atoms with Crippen molar-refractivity contribution in [3.8, 4) is 0 Å². The van der Waals surface area contributed by atoms with Crippen LogP contribution >= 0.6 is 0 Å². The summed E-state index contributed by atoms with van der Waals surface area (Å²) in [7, 11) is 0. The van der Waals surface area contributed by atoms with E-state index in [4.69, 9.17) is 14.6 Å². The van der Waals surface area contributed by atoms with Gasteiger partial charge in [0.15, 0.2) is 0 Å². The van der Waals surface area contributed by atoms with E-state index in [1.165, 1.54) is 12.8 Å². The average molecular weight is 154 g/mol. The number of carboxylic acid groups (broad SMARTS) is 1. The van der Waals surface area contributed by atoms with Crippen LogP contribution in [-0.2, 0) is 9.53 Å². The molecule has 0 spiro atoms. The van der Waals surface area contributed by atoms with Crippen LogP contribution in [0.5, 0.6) is 0 Å². The van der Waals surface area contributed by atoms with Crippen molar-refractivity contribution < 1.29 is 44.2 Å². The summed E-state index contributed by atoms with van der Waals surface area (Å²) in [4.78, 5) is 8.89. The van der Waals surface area contributed by atoms with Crippen LogP contribution in [0.3, 0.4) is 0 Å². The summed E-state index contributed by atoms with van der Waals surface area (Å²) >= 11 is 0. The largest absolute Gasteiger partial charge is 1.00 e. The van der Waals surface area contributed by atoms with Gasteiger partial charge in [0.2, 0.25) is 0 Å². The van der Waals surface area contributed by atoms with E-state index in [1.807, 2.05) is 0 Å². The molecule has 0 saturated carbocycles. The molecule has 4 heteroatoms. The molecule has 0 aromatic heterocycles. The van der Waals surface area contributed by atoms with E-state index in [1.54, 1.807) is 0 Å². The van der Waals surface area contributed by atoms with Gasteiger partial charge < -0.3 is 14.6 Å². The Labute approximate surface area is 83.0 Å². The summed E-state index contributed by atoms with van der Waals surface area (Å²) in [5, 5.41) is 8.89. The molecule has 1 fully saturated rings. The predicted octanol–water partition coefficient (Wildman–Crippen LogP) is -3.44. The van der Waals surface area contributed by atoms with Crippen LogP contribution in [0, 0.1) is 0 Å². The van der Waals surface area contributed by atoms with Gasteiger partial charge in [-0.3, -0.25) is 0 Å². The van der Waals surface area contributed by atoms with Gasteiger partial charge >= 0.3 is 29.6 Å². The molecule has 0 bridgehead atoms. The fourth-order valence-electron chi connectivity index (χ4n) is 0.510. The Morgan fingerprint density at radius 3 is 1.80 bits per heavy atom. The second kappa shape index (κ2) is 9.43. The van der Waals surface area contributed by atoms with E-state index < -0.39 is 5.97 Å². The molecule has 10 heavy (non-hydrogen) atoms. The summed E-state index contributed by atoms with van der Waals surface area (Å²) in [5.74, 6) is -1.08. The van der Waals surface area contributed by atoms with Crippen molar-refractivity contribution in [3.05, 3.63) is 0 Å². The fourth-order valence-corrected chi connectivity index (χ4v) is 0.510. The first-order valence-corrected chi connectivity index (χ1v) is 2.99. The van der Waals surface area contributed by atoms with Gasteiger partial charge in [-0.15, -0.1) is 0 Å². The molecule has 0 aromatic carbocycles. The predicted molar refractivity (Wildman–Crippen MR) is 30.7 cm³/mol. The van der Waals surface area contributed by atoms with E-state index in [2.05, 4.69) is 0 Å². The summed E-state index contributed by atoms with van der Waals surface area (Å²) < 4.78 is 4.94. The molecule has 0 aromatic rings. The zero-order valence-electron chi connectivity index (χ0n) is 6.55. The smallest absolute Gasteiger partial charge is 0.550 e. The molecule has 1 aliphatic heterocycles. The maximum absolute atomic E-state index is 8.89. The topological polar surface area (TPSA) is 49.4 Å². The third-order valence-corrected chi connectivity index (χ3v) is 0.827. The van der Waals surface area contributed by atoms with Crippen molar-refractivity contribution in [1.29, 1.82) is 0 Å². The van der Waals surface area contributed by atoms with Crippen molar-refractivity contribution in [3.63, 3.8) is 0 Å². The standard InChI is InChI=1S/C4H8O.C2H4O2.Na/c1-2-4-5-3-1;1-2(3)4;/h1-4H2;1H3,(H,3,4);/q;;+1/p-1. The first-order valence-electron chi connectivity index (χ1n) is 2.99. The van der Waals surface area contributed by atoms with Crippen LogP contribution in [0.1, 0.15) is 19.8 Å². The molecule has 0 unspecified atom stereocenters. The van der Waals surface area contributed by atoms with Crippen molar-refractivity contribution in [2.75, 3.05) is 13.2 Å². The van der Waals surface area contributed by atoms with E-state index in [0.29, 0.717) is 0 Å². The first-order chi connectivity index (χ1) is 4.23. The van der Waals surface area contributed by atoms with E-state index >= 15 is 0 Å². The minimum Gasteiger partial charge on any atom is -0.550 e. The van der Waals surface area contributed by atoms with Gasteiger partial charge in [-0.05, 0) is 19.8 Å². The molecule has 1 aliphatic rings. The Morgan fingerprint density at radius 1 is 1.40 bits per heavy atom. The maximum atomic E-state index is 8.89. The summed E-state index contributed by atoms with van der Waals surface area (Å²) in [6.07, 6.45) is 2.56. The van der Waals surface area contributed by atoms with Crippen molar-refractivity contribution in [2.24, 2.45) is 0 Å². The van der Waals surface area contributed by atoms with Gasteiger partial charge in [0.05, 0.1) is 0 Å².